The highest BCUT2D eigenvalue weighted by Gasteiger charge is 2.11. The van der Waals surface area contributed by atoms with E-state index in [9.17, 15) is 0 Å². The zero-order valence-corrected chi connectivity index (χ0v) is 8.95. The lowest BCUT2D eigenvalue weighted by molar-refractivity contribution is 0.969. The van der Waals surface area contributed by atoms with Gasteiger partial charge in [-0.2, -0.15) is 0 Å². The van der Waals surface area contributed by atoms with Crippen LogP contribution in [0.2, 0.25) is 0 Å². The van der Waals surface area contributed by atoms with Crippen LogP contribution >= 0.6 is 47.1 Å². The summed E-state index contributed by atoms with van der Waals surface area (Å²) in [5.74, 6) is 0. The van der Waals surface area contributed by atoms with Crippen LogP contribution in [0.25, 0.3) is 0 Å². The quantitative estimate of drug-likeness (QED) is 0.490. The van der Waals surface area contributed by atoms with Crippen molar-refractivity contribution in [2.24, 2.45) is 0 Å². The molecule has 57 valence electrons. The Morgan fingerprint density at radius 2 is 1.89 bits per heavy atom. The van der Waals surface area contributed by atoms with Crippen LogP contribution < -0.4 is 0 Å². The molecule has 5 heteroatoms. The van der Waals surface area contributed by atoms with Crippen LogP contribution in [0.4, 0.5) is 0 Å². The van der Waals surface area contributed by atoms with E-state index in [-0.39, 0.29) is 0 Å². The molecule has 0 aromatic carbocycles. The van der Waals surface area contributed by atoms with Crippen LogP contribution in [-0.2, 0) is 0 Å². The van der Waals surface area contributed by atoms with Crippen LogP contribution in [0.5, 0.6) is 0 Å². The molecule has 0 bridgehead atoms. The summed E-state index contributed by atoms with van der Waals surface area (Å²) in [4.78, 5) is 0. The van der Waals surface area contributed by atoms with Crippen molar-refractivity contribution in [3.8, 4) is 0 Å². The maximum Gasteiger partial charge on any atom is 0.0115 e. The first kappa shape index (κ1) is 10.7. The summed E-state index contributed by atoms with van der Waals surface area (Å²) in [5.41, 5.74) is 0. The van der Waals surface area contributed by atoms with Gasteiger partial charge >= 0.3 is 0 Å². The Balaban J connectivity index is 3.07. The van der Waals surface area contributed by atoms with Gasteiger partial charge in [0.2, 0.25) is 0 Å². The Labute approximate surface area is 73.0 Å². The average Bonchev–Trinajstić information content (AvgIpc) is 1.63. The summed E-state index contributed by atoms with van der Waals surface area (Å²) in [7, 11) is 15.4. The first-order valence-corrected chi connectivity index (χ1v) is 8.56. The van der Waals surface area contributed by atoms with E-state index >= 15 is 0 Å². The number of unbranched alkanes of at least 4 members (excludes halogenated alkanes) is 1. The van der Waals surface area contributed by atoms with Crippen molar-refractivity contribution in [3.05, 3.63) is 6.92 Å². The van der Waals surface area contributed by atoms with E-state index in [1.165, 1.54) is 0 Å². The Kier molecular flexibility index (Phi) is 6.30. The maximum atomic E-state index is 5.58. The van der Waals surface area contributed by atoms with Gasteiger partial charge in [-0.3, -0.25) is 0 Å². The summed E-state index contributed by atoms with van der Waals surface area (Å²) >= 11 is 0. The van der Waals surface area contributed by atoms with E-state index in [4.69, 9.17) is 32.0 Å². The van der Waals surface area contributed by atoms with Gasteiger partial charge < -0.3 is 0 Å². The molecular weight excluding hydrogens is 217 g/mol. The van der Waals surface area contributed by atoms with Crippen molar-refractivity contribution < 1.29 is 0 Å². The molecule has 0 rings (SSSR count). The lowest BCUT2D eigenvalue weighted by Crippen LogP contribution is -1.71. The molecule has 0 aliphatic heterocycles. The summed E-state index contributed by atoms with van der Waals surface area (Å²) in [6, 6.07) is 0. The van der Waals surface area contributed by atoms with Gasteiger partial charge in [-0.05, 0) is 52.4 Å². The van der Waals surface area contributed by atoms with E-state index < -0.39 is 7.29 Å². The normalized spacial score (nSPS) is 15.1. The second-order valence-electron chi connectivity index (χ2n) is 1.51. The van der Waals surface area contributed by atoms with E-state index in [1.807, 2.05) is 0 Å². The summed E-state index contributed by atoms with van der Waals surface area (Å²) in [6.07, 6.45) is 3.02. The molecule has 0 aromatic rings. The lowest BCUT2D eigenvalue weighted by atomic mass is 10.4. The molecule has 1 atom stereocenters. The van der Waals surface area contributed by atoms with E-state index in [0.717, 1.165) is 19.0 Å². The molecule has 0 amide bonds. The standard InChI is InChI=1S/C4H9Cl3PS/c1-2-3-4-8-9(5,6)7/h8H,1-4H2. The Hall–Kier alpha value is 1.65. The Bertz CT molecular complexity index is 72.7. The molecule has 0 spiro atoms. The molecule has 0 aliphatic rings. The number of rotatable bonds is 4. The van der Waals surface area contributed by atoms with Crippen molar-refractivity contribution in [3.63, 3.8) is 0 Å². The number of hydrogen-bond acceptors (Lipinski definition) is 0. The fourth-order valence-corrected chi connectivity index (χ4v) is 4.15. The SMILES string of the molecule is [CH2]CCCPS(Cl)(Cl)Cl. The van der Waals surface area contributed by atoms with Crippen LogP contribution in [0.15, 0.2) is 0 Å². The van der Waals surface area contributed by atoms with E-state index in [1.54, 1.807) is 0 Å². The van der Waals surface area contributed by atoms with Crippen molar-refractivity contribution in [2.45, 2.75) is 12.8 Å². The highest BCUT2D eigenvalue weighted by molar-refractivity contribution is 9.04. The molecule has 0 fully saturated rings. The largest absolute Gasteiger partial charge is 0.0533 e. The van der Waals surface area contributed by atoms with Crippen LogP contribution in [0.3, 0.4) is 0 Å². The van der Waals surface area contributed by atoms with Gasteiger partial charge in [-0.1, -0.05) is 13.3 Å². The van der Waals surface area contributed by atoms with E-state index in [2.05, 4.69) is 6.92 Å². The summed E-state index contributed by atoms with van der Waals surface area (Å²) in [6.45, 7) is 3.69. The molecule has 0 nitrogen and oxygen atoms in total. The third-order valence-electron chi connectivity index (χ3n) is 0.693. The third-order valence-corrected chi connectivity index (χ3v) is 6.12. The lowest BCUT2D eigenvalue weighted by Gasteiger charge is -2.13. The van der Waals surface area contributed by atoms with Crippen LogP contribution in [0, 0.1) is 6.92 Å². The third kappa shape index (κ3) is 9.65. The topological polar surface area (TPSA) is 0 Å². The van der Waals surface area contributed by atoms with Gasteiger partial charge in [-0.25, -0.2) is 0 Å². The smallest absolute Gasteiger partial charge is 0.0115 e. The minimum Gasteiger partial charge on any atom is -0.0533 e. The molecule has 0 heterocycles. The highest BCUT2D eigenvalue weighted by atomic mass is 36.2. The van der Waals surface area contributed by atoms with E-state index in [0.29, 0.717) is 7.78 Å². The summed E-state index contributed by atoms with van der Waals surface area (Å²) < 4.78 is 0. The predicted molar refractivity (Wildman–Crippen MR) is 52.9 cm³/mol. The fraction of sp³-hybridized carbons (Fsp3) is 0.750. The molecule has 0 saturated heterocycles. The zero-order chi connectivity index (χ0) is 7.33. The molecule has 0 N–H and O–H groups in total. The number of hydrogen-bond donors (Lipinski definition) is 0. The van der Waals surface area contributed by atoms with Crippen molar-refractivity contribution in [1.29, 1.82) is 0 Å². The molecular formula is C4H9Cl3PS. The van der Waals surface area contributed by atoms with Gasteiger partial charge in [0.25, 0.3) is 0 Å². The first-order valence-electron chi connectivity index (χ1n) is 2.52. The Morgan fingerprint density at radius 3 is 2.22 bits per heavy atom. The van der Waals surface area contributed by atoms with Gasteiger partial charge in [0.05, 0.1) is 0 Å². The summed E-state index contributed by atoms with van der Waals surface area (Å²) in [5, 5.41) is 0. The number of halogens is 3. The van der Waals surface area contributed by atoms with Gasteiger partial charge in [0.15, 0.2) is 0 Å². The fourth-order valence-electron chi connectivity index (χ4n) is 0.313. The van der Waals surface area contributed by atoms with Crippen LogP contribution in [-0.4, -0.2) is 6.16 Å². The van der Waals surface area contributed by atoms with Gasteiger partial charge in [0.1, 0.15) is 0 Å². The average molecular weight is 227 g/mol. The molecule has 1 unspecified atom stereocenters. The van der Waals surface area contributed by atoms with Crippen LogP contribution in [0.1, 0.15) is 12.8 Å². The second kappa shape index (κ2) is 5.32. The van der Waals surface area contributed by atoms with Crippen molar-refractivity contribution in [1.82, 2.24) is 0 Å². The molecule has 1 radical (unpaired) electrons. The molecule has 9 heavy (non-hydrogen) atoms. The predicted octanol–water partition coefficient (Wildman–Crippen LogP) is 4.46. The maximum absolute atomic E-state index is 5.58. The van der Waals surface area contributed by atoms with Crippen molar-refractivity contribution in [2.75, 3.05) is 6.16 Å². The molecule has 0 saturated carbocycles. The minimum atomic E-state index is -1.78. The second-order valence-corrected chi connectivity index (χ2v) is 13.7. The molecule has 0 aliphatic carbocycles. The highest BCUT2D eigenvalue weighted by Crippen LogP contribution is 2.76. The van der Waals surface area contributed by atoms with Gasteiger partial charge in [0, 0.05) is 7.29 Å². The Morgan fingerprint density at radius 1 is 1.33 bits per heavy atom. The first-order chi connectivity index (χ1) is 4.06. The minimum absolute atomic E-state index is 0.488. The monoisotopic (exact) mass is 225 g/mol. The zero-order valence-electron chi connectivity index (χ0n) is 4.87. The molecule has 0 aromatic heterocycles. The van der Waals surface area contributed by atoms with Crippen molar-refractivity contribution >= 4 is 47.1 Å². The van der Waals surface area contributed by atoms with Gasteiger partial charge in [-0.15, -0.1) is 0 Å².